The number of hydrogen-bond acceptors (Lipinski definition) is 7. The molecule has 3 amide bonds. The zero-order chi connectivity index (χ0) is 29.9. The van der Waals surface area contributed by atoms with Gasteiger partial charge in [0.15, 0.2) is 0 Å². The van der Waals surface area contributed by atoms with Crippen molar-refractivity contribution in [3.05, 3.63) is 24.3 Å². The summed E-state index contributed by atoms with van der Waals surface area (Å²) in [5.41, 5.74) is -1.18. The van der Waals surface area contributed by atoms with E-state index in [1.54, 1.807) is 4.90 Å². The molecule has 0 bridgehead atoms. The van der Waals surface area contributed by atoms with E-state index in [1.807, 2.05) is 41.5 Å². The summed E-state index contributed by atoms with van der Waals surface area (Å²) in [5.74, 6) is -1.27. The first-order valence-electron chi connectivity index (χ1n) is 15.2. The molecule has 1 aliphatic heterocycles. The van der Waals surface area contributed by atoms with Crippen molar-refractivity contribution in [3.8, 4) is 0 Å². The Morgan fingerprint density at radius 2 is 1.63 bits per heavy atom. The van der Waals surface area contributed by atoms with Crippen LogP contribution in [0.3, 0.4) is 0 Å². The van der Waals surface area contributed by atoms with Crippen LogP contribution in [0.1, 0.15) is 103 Å². The fourth-order valence-electron chi connectivity index (χ4n) is 6.74. The van der Waals surface area contributed by atoms with Gasteiger partial charge in [-0.2, -0.15) is 0 Å². The summed E-state index contributed by atoms with van der Waals surface area (Å²) in [7, 11) is 0. The number of ether oxygens (including phenoxy) is 1. The first-order valence-corrected chi connectivity index (χ1v) is 15.2. The molecule has 0 unspecified atom stereocenters. The number of carbonyl (C=O) groups is 4. The van der Waals surface area contributed by atoms with Gasteiger partial charge in [0.2, 0.25) is 11.8 Å². The fraction of sp³-hybridized carbons (Fsp3) is 0.742. The predicted molar refractivity (Wildman–Crippen MR) is 153 cm³/mol. The van der Waals surface area contributed by atoms with Gasteiger partial charge in [-0.15, -0.1) is 0 Å². The lowest BCUT2D eigenvalue weighted by Crippen LogP contribution is -2.61. The van der Waals surface area contributed by atoms with Crippen LogP contribution in [0.15, 0.2) is 18.6 Å². The summed E-state index contributed by atoms with van der Waals surface area (Å²) in [5, 5.41) is 5.93. The average Bonchev–Trinajstić information content (AvgIpc) is 3.50. The Morgan fingerprint density at radius 3 is 2.24 bits per heavy atom. The molecular formula is C31H47N5O5. The number of nitrogens with one attached hydrogen (secondary N) is 2. The molecule has 2 N–H and O–H groups in total. The Kier molecular flexibility index (Phi) is 9.39. The van der Waals surface area contributed by atoms with Gasteiger partial charge < -0.3 is 20.3 Å². The molecule has 2 saturated carbocycles. The monoisotopic (exact) mass is 569 g/mol. The minimum Gasteiger partial charge on any atom is -0.458 e. The van der Waals surface area contributed by atoms with Crippen LogP contribution in [0.4, 0.5) is 0 Å². The van der Waals surface area contributed by atoms with Crippen molar-refractivity contribution in [2.24, 2.45) is 23.2 Å². The van der Waals surface area contributed by atoms with Gasteiger partial charge in [-0.25, -0.2) is 9.78 Å². The minimum absolute atomic E-state index is 0.0549. The highest BCUT2D eigenvalue weighted by Gasteiger charge is 2.53. The maximum absolute atomic E-state index is 14.3. The van der Waals surface area contributed by atoms with Crippen molar-refractivity contribution < 1.29 is 23.9 Å². The topological polar surface area (TPSA) is 131 Å². The van der Waals surface area contributed by atoms with Gasteiger partial charge in [-0.3, -0.25) is 19.4 Å². The number of aromatic nitrogens is 2. The number of nitrogens with zero attached hydrogens (tertiary/aromatic N) is 3. The van der Waals surface area contributed by atoms with Crippen molar-refractivity contribution >= 4 is 23.7 Å². The number of fused-ring (bicyclic) bond motifs is 1. The van der Waals surface area contributed by atoms with Crippen LogP contribution in [0.5, 0.6) is 0 Å². The molecule has 1 saturated heterocycles. The molecule has 10 heteroatoms. The molecule has 226 valence electrons. The Morgan fingerprint density at radius 1 is 0.927 bits per heavy atom. The Labute approximate surface area is 243 Å². The molecule has 0 spiro atoms. The first kappa shape index (κ1) is 30.9. The fourth-order valence-corrected chi connectivity index (χ4v) is 6.74. The van der Waals surface area contributed by atoms with Gasteiger partial charge >= 0.3 is 5.97 Å². The van der Waals surface area contributed by atoms with E-state index in [1.165, 1.54) is 18.6 Å². The van der Waals surface area contributed by atoms with Crippen molar-refractivity contribution in [1.29, 1.82) is 0 Å². The average molecular weight is 570 g/mol. The molecule has 1 aromatic heterocycles. The van der Waals surface area contributed by atoms with E-state index >= 15 is 0 Å². The Bertz CT molecular complexity index is 1110. The second kappa shape index (κ2) is 12.4. The van der Waals surface area contributed by atoms with E-state index in [0.29, 0.717) is 6.54 Å². The van der Waals surface area contributed by atoms with Crippen molar-refractivity contribution in [3.63, 3.8) is 0 Å². The zero-order valence-electron chi connectivity index (χ0n) is 25.4. The molecule has 5 atom stereocenters. The molecule has 2 heterocycles. The number of amides is 3. The quantitative estimate of drug-likeness (QED) is 0.479. The summed E-state index contributed by atoms with van der Waals surface area (Å²) < 4.78 is 5.78. The maximum atomic E-state index is 14.3. The highest BCUT2D eigenvalue weighted by molar-refractivity contribution is 5.98. The molecule has 0 radical (unpaired) electrons. The third-order valence-corrected chi connectivity index (χ3v) is 8.71. The summed E-state index contributed by atoms with van der Waals surface area (Å²) in [4.78, 5) is 64.4. The largest absolute Gasteiger partial charge is 0.458 e. The minimum atomic E-state index is -0.890. The number of hydrogen-bond donors (Lipinski definition) is 2. The van der Waals surface area contributed by atoms with Crippen LogP contribution >= 0.6 is 0 Å². The van der Waals surface area contributed by atoms with Gasteiger partial charge in [0.1, 0.15) is 29.4 Å². The highest BCUT2D eigenvalue weighted by atomic mass is 16.6. The summed E-state index contributed by atoms with van der Waals surface area (Å²) in [6.07, 6.45) is 11.8. The van der Waals surface area contributed by atoms with Gasteiger partial charge in [-0.1, -0.05) is 46.5 Å². The van der Waals surface area contributed by atoms with E-state index in [-0.39, 0.29) is 35.3 Å². The smallest absolute Gasteiger partial charge is 0.329 e. The van der Waals surface area contributed by atoms with Crippen molar-refractivity contribution in [2.45, 2.75) is 117 Å². The molecule has 4 rings (SSSR count). The van der Waals surface area contributed by atoms with E-state index < -0.39 is 41.0 Å². The molecule has 10 nitrogen and oxygen atoms in total. The molecule has 41 heavy (non-hydrogen) atoms. The van der Waals surface area contributed by atoms with Crippen LogP contribution in [0.25, 0.3) is 0 Å². The number of rotatable bonds is 7. The molecule has 1 aromatic rings. The lowest BCUT2D eigenvalue weighted by Gasteiger charge is -2.38. The second-order valence-electron chi connectivity index (χ2n) is 14.1. The molecule has 3 fully saturated rings. The van der Waals surface area contributed by atoms with Crippen molar-refractivity contribution in [1.82, 2.24) is 25.5 Å². The van der Waals surface area contributed by atoms with E-state index in [0.717, 1.165) is 51.4 Å². The van der Waals surface area contributed by atoms with E-state index in [9.17, 15) is 19.2 Å². The number of esters is 1. The summed E-state index contributed by atoms with van der Waals surface area (Å²) in [6.45, 7) is 11.7. The van der Waals surface area contributed by atoms with Gasteiger partial charge in [0.05, 0.1) is 6.20 Å². The molecule has 2 aliphatic carbocycles. The SMILES string of the molecule is CC(C)(C)OC(=O)[C@@H]1[C@H]2CCC[C@H]2CN1C(=O)[C@H](NC(=O)[C@H](NC(=O)c1cnccn1)C1CCCCC1)C(C)(C)C. The molecule has 3 aliphatic rings. The summed E-state index contributed by atoms with van der Waals surface area (Å²) in [6, 6.07) is -2.37. The van der Waals surface area contributed by atoms with Gasteiger partial charge in [0.25, 0.3) is 5.91 Å². The second-order valence-corrected chi connectivity index (χ2v) is 14.1. The van der Waals surface area contributed by atoms with E-state index in [2.05, 4.69) is 20.6 Å². The van der Waals surface area contributed by atoms with Crippen LogP contribution < -0.4 is 10.6 Å². The lowest BCUT2D eigenvalue weighted by atomic mass is 9.82. The summed E-state index contributed by atoms with van der Waals surface area (Å²) >= 11 is 0. The van der Waals surface area contributed by atoms with Crippen LogP contribution in [-0.2, 0) is 19.1 Å². The number of carbonyl (C=O) groups excluding carboxylic acids is 4. The number of likely N-dealkylation sites (tertiary alicyclic amines) is 1. The normalized spacial score (nSPS) is 24.7. The third kappa shape index (κ3) is 7.43. The zero-order valence-corrected chi connectivity index (χ0v) is 25.4. The van der Waals surface area contributed by atoms with Gasteiger partial charge in [0, 0.05) is 18.9 Å². The van der Waals surface area contributed by atoms with E-state index in [4.69, 9.17) is 4.74 Å². The van der Waals surface area contributed by atoms with Crippen molar-refractivity contribution in [2.75, 3.05) is 6.54 Å². The molecule has 0 aromatic carbocycles. The van der Waals surface area contributed by atoms with Gasteiger partial charge in [-0.05, 0) is 69.6 Å². The lowest BCUT2D eigenvalue weighted by molar-refractivity contribution is -0.165. The Hall–Kier alpha value is -3.04. The predicted octanol–water partition coefficient (Wildman–Crippen LogP) is 3.66. The first-order chi connectivity index (χ1) is 19.3. The highest BCUT2D eigenvalue weighted by Crippen LogP contribution is 2.43. The van der Waals surface area contributed by atoms with Crippen LogP contribution in [0.2, 0.25) is 0 Å². The standard InChI is InChI=1S/C31H47N5O5/c1-30(2,3)25(28(39)36-18-20-13-10-14-21(20)24(36)29(40)41-31(4,5)6)35-27(38)23(19-11-8-7-9-12-19)34-26(37)22-17-32-15-16-33-22/h15-17,19-21,23-25H,7-14,18H2,1-6H3,(H,34,37)(H,35,38)/t20-,21-,23+,24-,25-/m0/s1. The third-order valence-electron chi connectivity index (χ3n) is 8.71. The van der Waals surface area contributed by atoms with Crippen LogP contribution in [-0.4, -0.2) is 68.8 Å². The maximum Gasteiger partial charge on any atom is 0.329 e. The Balaban J connectivity index is 1.58. The molecular weight excluding hydrogens is 522 g/mol. The van der Waals surface area contributed by atoms with Crippen LogP contribution in [0, 0.1) is 23.2 Å².